The van der Waals surface area contributed by atoms with E-state index in [1.165, 1.54) is 0 Å². The highest BCUT2D eigenvalue weighted by atomic mass is 16.5. The molecular formula is C30H26O14. The number of phenols is 10. The van der Waals surface area contributed by atoms with E-state index in [1.807, 2.05) is 0 Å². The van der Waals surface area contributed by atoms with E-state index in [2.05, 4.69) is 0 Å². The normalized spacial score (nSPS) is 22.4. The average molecular weight is 611 g/mol. The Morgan fingerprint density at radius 2 is 1.00 bits per heavy atom. The van der Waals surface area contributed by atoms with E-state index in [0.717, 1.165) is 42.5 Å². The second-order valence-corrected chi connectivity index (χ2v) is 10.6. The fourth-order valence-electron chi connectivity index (χ4n) is 5.84. The second-order valence-electron chi connectivity index (χ2n) is 10.6. The average Bonchev–Trinajstić information content (AvgIpc) is 2.95. The summed E-state index contributed by atoms with van der Waals surface area (Å²) in [4.78, 5) is 0. The van der Waals surface area contributed by atoms with Gasteiger partial charge in [-0.1, -0.05) is 0 Å². The number of rotatable bonds is 3. The van der Waals surface area contributed by atoms with Crippen LogP contribution in [-0.4, -0.2) is 73.5 Å². The fourth-order valence-corrected chi connectivity index (χ4v) is 5.84. The first kappa shape index (κ1) is 28.5. The van der Waals surface area contributed by atoms with Gasteiger partial charge in [0.25, 0.3) is 0 Å². The van der Waals surface area contributed by atoms with Crippen molar-refractivity contribution in [3.8, 4) is 69.0 Å². The SMILES string of the molecule is Oc1cc(O)c2c(c1)O[C@H](c1cc(O)c(O)c(O)c1)[C@@H](O)[C@@H]2c1c(O)cc2c(c1O)C[C@H](O)[C@H](c1cc(O)c(O)c(O)c1)O2. The maximum Gasteiger partial charge on any atom is 0.200 e. The number of fused-ring (bicyclic) bond motifs is 2. The molecule has 14 nitrogen and oxygen atoms in total. The van der Waals surface area contributed by atoms with Gasteiger partial charge in [0.1, 0.15) is 40.6 Å². The van der Waals surface area contributed by atoms with E-state index < -0.39 is 87.8 Å². The van der Waals surface area contributed by atoms with Gasteiger partial charge < -0.3 is 70.8 Å². The molecule has 0 radical (unpaired) electrons. The van der Waals surface area contributed by atoms with Gasteiger partial charge in [0.05, 0.1) is 12.0 Å². The number of aliphatic hydroxyl groups is 2. The molecule has 2 aliphatic heterocycles. The number of ether oxygens (including phenoxy) is 2. The fraction of sp³-hybridized carbons (Fsp3) is 0.200. The van der Waals surface area contributed by atoms with Gasteiger partial charge in [-0.2, -0.15) is 0 Å². The molecule has 0 amide bonds. The Morgan fingerprint density at radius 3 is 1.57 bits per heavy atom. The number of hydrogen-bond donors (Lipinski definition) is 12. The van der Waals surface area contributed by atoms with Gasteiger partial charge in [-0.15, -0.1) is 0 Å². The minimum absolute atomic E-state index is 0.0104. The lowest BCUT2D eigenvalue weighted by molar-refractivity contribution is 0.00563. The summed E-state index contributed by atoms with van der Waals surface area (Å²) in [6.07, 6.45) is -6.10. The van der Waals surface area contributed by atoms with Gasteiger partial charge in [-0.05, 0) is 24.3 Å². The summed E-state index contributed by atoms with van der Waals surface area (Å²) in [6.45, 7) is 0. The van der Waals surface area contributed by atoms with E-state index in [0.29, 0.717) is 0 Å². The Bertz CT molecular complexity index is 1770. The minimum Gasteiger partial charge on any atom is -0.508 e. The summed E-state index contributed by atoms with van der Waals surface area (Å²) in [6, 6.07) is 7.28. The lowest BCUT2D eigenvalue weighted by Crippen LogP contribution is -2.35. The van der Waals surface area contributed by atoms with Gasteiger partial charge in [-0.25, -0.2) is 0 Å². The maximum absolute atomic E-state index is 11.6. The van der Waals surface area contributed by atoms with Crippen molar-refractivity contribution in [2.45, 2.75) is 36.8 Å². The molecule has 0 saturated carbocycles. The zero-order valence-electron chi connectivity index (χ0n) is 22.3. The Morgan fingerprint density at radius 1 is 0.500 bits per heavy atom. The van der Waals surface area contributed by atoms with Crippen molar-refractivity contribution < 1.29 is 70.8 Å². The van der Waals surface area contributed by atoms with Crippen LogP contribution in [0.15, 0.2) is 42.5 Å². The highest BCUT2D eigenvalue weighted by Crippen LogP contribution is 2.57. The van der Waals surface area contributed by atoms with Crippen LogP contribution in [0.4, 0.5) is 0 Å². The number of phenolic OH excluding ortho intramolecular Hbond substituents is 10. The predicted molar refractivity (Wildman–Crippen MR) is 147 cm³/mol. The molecule has 230 valence electrons. The van der Waals surface area contributed by atoms with Gasteiger partial charge >= 0.3 is 0 Å². The number of benzene rings is 4. The molecule has 44 heavy (non-hydrogen) atoms. The largest absolute Gasteiger partial charge is 0.508 e. The van der Waals surface area contributed by atoms with E-state index in [4.69, 9.17) is 9.47 Å². The van der Waals surface area contributed by atoms with Crippen LogP contribution in [0.2, 0.25) is 0 Å². The first-order valence-corrected chi connectivity index (χ1v) is 13.1. The Labute approximate surface area is 247 Å². The van der Waals surface area contributed by atoms with E-state index in [-0.39, 0.29) is 45.7 Å². The van der Waals surface area contributed by atoms with Crippen molar-refractivity contribution in [2.75, 3.05) is 0 Å². The molecule has 0 aliphatic carbocycles. The quantitative estimate of drug-likeness (QED) is 0.149. The van der Waals surface area contributed by atoms with Crippen molar-refractivity contribution in [3.05, 3.63) is 70.3 Å². The molecule has 14 heteroatoms. The molecule has 4 aromatic carbocycles. The van der Waals surface area contributed by atoms with Crippen molar-refractivity contribution in [2.24, 2.45) is 0 Å². The second kappa shape index (κ2) is 10.00. The summed E-state index contributed by atoms with van der Waals surface area (Å²) < 4.78 is 11.7. The van der Waals surface area contributed by atoms with Crippen LogP contribution in [0.1, 0.15) is 45.9 Å². The minimum atomic E-state index is -1.75. The third-order valence-corrected chi connectivity index (χ3v) is 7.87. The predicted octanol–water partition coefficient (Wildman–Crippen LogP) is 2.41. The summed E-state index contributed by atoms with van der Waals surface area (Å²) >= 11 is 0. The zero-order chi connectivity index (χ0) is 31.8. The molecule has 0 saturated heterocycles. The molecule has 4 aromatic rings. The monoisotopic (exact) mass is 610 g/mol. The number of hydrogen-bond acceptors (Lipinski definition) is 14. The number of aliphatic hydroxyl groups excluding tert-OH is 2. The van der Waals surface area contributed by atoms with Crippen LogP contribution in [-0.2, 0) is 6.42 Å². The van der Waals surface area contributed by atoms with Gasteiger partial charge in [0.15, 0.2) is 46.7 Å². The van der Waals surface area contributed by atoms with Crippen molar-refractivity contribution in [1.29, 1.82) is 0 Å². The summed E-state index contributed by atoms with van der Waals surface area (Å²) in [5.41, 5.74) is -0.463. The molecular weight excluding hydrogens is 584 g/mol. The highest BCUT2D eigenvalue weighted by Gasteiger charge is 2.45. The van der Waals surface area contributed by atoms with Crippen molar-refractivity contribution >= 4 is 0 Å². The van der Waals surface area contributed by atoms with Gasteiger partial charge in [0.2, 0.25) is 0 Å². The number of aromatic hydroxyl groups is 10. The topological polar surface area (TPSA) is 261 Å². The molecule has 0 bridgehead atoms. The first-order valence-electron chi connectivity index (χ1n) is 13.1. The molecule has 12 N–H and O–H groups in total. The van der Waals surface area contributed by atoms with Crippen molar-refractivity contribution in [1.82, 2.24) is 0 Å². The maximum atomic E-state index is 11.6. The molecule has 0 spiro atoms. The lowest BCUT2D eigenvalue weighted by atomic mass is 9.77. The molecule has 2 aliphatic rings. The van der Waals surface area contributed by atoms with E-state index >= 15 is 0 Å². The summed E-state index contributed by atoms with van der Waals surface area (Å²) in [5, 5.41) is 126. The molecule has 0 fully saturated rings. The molecule has 6 rings (SSSR count). The highest BCUT2D eigenvalue weighted by molar-refractivity contribution is 5.66. The third kappa shape index (κ3) is 4.35. The first-order chi connectivity index (χ1) is 20.8. The van der Waals surface area contributed by atoms with Crippen molar-refractivity contribution in [3.63, 3.8) is 0 Å². The third-order valence-electron chi connectivity index (χ3n) is 7.87. The summed E-state index contributed by atoms with van der Waals surface area (Å²) in [7, 11) is 0. The van der Waals surface area contributed by atoms with Crippen LogP contribution in [0.5, 0.6) is 69.0 Å². The Balaban J connectivity index is 1.48. The van der Waals surface area contributed by atoms with Gasteiger partial charge in [0, 0.05) is 52.4 Å². The van der Waals surface area contributed by atoms with Gasteiger partial charge in [-0.3, -0.25) is 0 Å². The standard InChI is InChI=1S/C30H26O14/c31-11-5-13(32)22-21(6-11)44-30(10-3-17(36)27(41)18(37)4-10)28(42)24(22)23-14(33)8-20-12(25(23)39)7-19(38)29(43-20)9-1-15(34)26(40)16(35)2-9/h1-6,8,19,24,28-42H,7H2/t19-,24-,28-,29-,30+/m0/s1. The van der Waals surface area contributed by atoms with E-state index in [1.54, 1.807) is 0 Å². The Hall–Kier alpha value is -5.60. The smallest absolute Gasteiger partial charge is 0.200 e. The zero-order valence-corrected chi connectivity index (χ0v) is 22.3. The molecule has 0 aromatic heterocycles. The van der Waals surface area contributed by atoms with Crippen LogP contribution >= 0.6 is 0 Å². The summed E-state index contributed by atoms with van der Waals surface area (Å²) in [5.74, 6) is -8.47. The van der Waals surface area contributed by atoms with Crippen LogP contribution in [0, 0.1) is 0 Å². The molecule has 5 atom stereocenters. The van der Waals surface area contributed by atoms with E-state index in [9.17, 15) is 61.3 Å². The van der Waals surface area contributed by atoms with Crippen LogP contribution in [0.25, 0.3) is 0 Å². The van der Waals surface area contributed by atoms with Crippen LogP contribution < -0.4 is 9.47 Å². The molecule has 2 heterocycles. The lowest BCUT2D eigenvalue weighted by Gasteiger charge is -2.39. The Kier molecular flexibility index (Phi) is 6.48. The van der Waals surface area contributed by atoms with Crippen LogP contribution in [0.3, 0.4) is 0 Å². The molecule has 0 unspecified atom stereocenters.